The molecule has 1 amide bonds. The van der Waals surface area contributed by atoms with Gasteiger partial charge in [0.15, 0.2) is 0 Å². The van der Waals surface area contributed by atoms with E-state index >= 15 is 0 Å². The molecule has 0 bridgehead atoms. The lowest BCUT2D eigenvalue weighted by atomic mass is 9.90. The number of likely N-dealkylation sites (tertiary alicyclic amines) is 1. The van der Waals surface area contributed by atoms with Gasteiger partial charge in [0.1, 0.15) is 0 Å². The largest absolute Gasteiger partial charge is 0.293 e. The smallest absolute Gasteiger partial charge is 0.251 e. The average Bonchev–Trinajstić information content (AvgIpc) is 2.31. The Morgan fingerprint density at radius 2 is 2.00 bits per heavy atom. The second kappa shape index (κ2) is 6.97. The maximum atomic E-state index is 11.8. The minimum atomic E-state index is -0.0671. The molecule has 0 aromatic rings. The van der Waals surface area contributed by atoms with Crippen LogP contribution >= 0.6 is 0 Å². The molecule has 1 unspecified atom stereocenters. The van der Waals surface area contributed by atoms with Crippen LogP contribution in [0.25, 0.3) is 0 Å². The standard InChI is InChI=1S/C13H27N3O/c1-4-5-11-6-8-16(9-7-11)12(10(2)3)13(17)15-14/h10-12H,4-9,14H2,1-3H3,(H,15,17). The Morgan fingerprint density at radius 1 is 1.41 bits per heavy atom. The van der Waals surface area contributed by atoms with E-state index in [-0.39, 0.29) is 11.9 Å². The minimum Gasteiger partial charge on any atom is -0.293 e. The van der Waals surface area contributed by atoms with Crippen molar-refractivity contribution in [3.05, 3.63) is 0 Å². The highest BCUT2D eigenvalue weighted by Crippen LogP contribution is 2.24. The van der Waals surface area contributed by atoms with E-state index in [1.165, 1.54) is 25.7 Å². The maximum absolute atomic E-state index is 11.8. The van der Waals surface area contributed by atoms with Crippen molar-refractivity contribution in [1.29, 1.82) is 0 Å². The van der Waals surface area contributed by atoms with Gasteiger partial charge in [0.2, 0.25) is 0 Å². The molecule has 0 saturated carbocycles. The second-order valence-corrected chi connectivity index (χ2v) is 5.47. The van der Waals surface area contributed by atoms with Crippen molar-refractivity contribution in [2.45, 2.75) is 52.5 Å². The summed E-state index contributed by atoms with van der Waals surface area (Å²) in [6.07, 6.45) is 5.02. The van der Waals surface area contributed by atoms with E-state index < -0.39 is 0 Å². The molecule has 1 fully saturated rings. The van der Waals surface area contributed by atoms with Crippen LogP contribution in [0.5, 0.6) is 0 Å². The molecule has 1 aliphatic rings. The Morgan fingerprint density at radius 3 is 2.41 bits per heavy atom. The van der Waals surface area contributed by atoms with Gasteiger partial charge in [-0.25, -0.2) is 5.84 Å². The third-order valence-corrected chi connectivity index (χ3v) is 3.78. The highest BCUT2D eigenvalue weighted by Gasteiger charge is 2.31. The van der Waals surface area contributed by atoms with Gasteiger partial charge in [-0.2, -0.15) is 0 Å². The Bertz CT molecular complexity index is 235. The number of nitrogens with one attached hydrogen (secondary N) is 1. The van der Waals surface area contributed by atoms with Crippen LogP contribution in [0, 0.1) is 11.8 Å². The molecule has 17 heavy (non-hydrogen) atoms. The topological polar surface area (TPSA) is 58.4 Å². The first-order chi connectivity index (χ1) is 8.10. The average molecular weight is 241 g/mol. The minimum absolute atomic E-state index is 0.0473. The van der Waals surface area contributed by atoms with Crippen molar-refractivity contribution in [3.8, 4) is 0 Å². The van der Waals surface area contributed by atoms with Crippen LogP contribution in [0.1, 0.15) is 46.5 Å². The molecule has 4 heteroatoms. The first kappa shape index (κ1) is 14.5. The molecule has 100 valence electrons. The molecule has 3 N–H and O–H groups in total. The van der Waals surface area contributed by atoms with Crippen LogP contribution < -0.4 is 11.3 Å². The fraction of sp³-hybridized carbons (Fsp3) is 0.923. The molecule has 0 spiro atoms. The first-order valence-corrected chi connectivity index (χ1v) is 6.84. The summed E-state index contributed by atoms with van der Waals surface area (Å²) in [6.45, 7) is 8.46. The molecular formula is C13H27N3O. The molecule has 1 rings (SSSR count). The molecule has 4 nitrogen and oxygen atoms in total. The lowest BCUT2D eigenvalue weighted by Gasteiger charge is -2.38. The summed E-state index contributed by atoms with van der Waals surface area (Å²) >= 11 is 0. The SMILES string of the molecule is CCCC1CCN(C(C(=O)NN)C(C)C)CC1. The fourth-order valence-electron chi connectivity index (χ4n) is 2.90. The summed E-state index contributed by atoms with van der Waals surface area (Å²) in [4.78, 5) is 14.1. The van der Waals surface area contributed by atoms with Crippen LogP contribution in [0.2, 0.25) is 0 Å². The van der Waals surface area contributed by atoms with Gasteiger partial charge in [-0.3, -0.25) is 15.1 Å². The monoisotopic (exact) mass is 241 g/mol. The molecule has 0 aromatic heterocycles. The van der Waals surface area contributed by atoms with Crippen molar-refractivity contribution < 1.29 is 4.79 Å². The normalized spacial score (nSPS) is 20.5. The number of hydrazine groups is 1. The predicted molar refractivity (Wildman–Crippen MR) is 70.2 cm³/mol. The molecule has 1 heterocycles. The van der Waals surface area contributed by atoms with E-state index in [9.17, 15) is 4.79 Å². The Kier molecular flexibility index (Phi) is 5.92. The van der Waals surface area contributed by atoms with Crippen LogP contribution in [-0.4, -0.2) is 29.9 Å². The molecule has 1 saturated heterocycles. The van der Waals surface area contributed by atoms with Gasteiger partial charge in [-0.15, -0.1) is 0 Å². The van der Waals surface area contributed by atoms with E-state index in [2.05, 4.69) is 31.1 Å². The molecule has 1 aliphatic heterocycles. The van der Waals surface area contributed by atoms with E-state index in [0.717, 1.165) is 19.0 Å². The summed E-state index contributed by atoms with van der Waals surface area (Å²) in [6, 6.07) is -0.0671. The lowest BCUT2D eigenvalue weighted by molar-refractivity contribution is -0.128. The van der Waals surface area contributed by atoms with Gasteiger partial charge in [0.05, 0.1) is 6.04 Å². The molecule has 0 radical (unpaired) electrons. The number of nitrogens with zero attached hydrogens (tertiary/aromatic N) is 1. The molecule has 1 atom stereocenters. The summed E-state index contributed by atoms with van der Waals surface area (Å²) in [5.74, 6) is 6.38. The van der Waals surface area contributed by atoms with E-state index in [0.29, 0.717) is 5.92 Å². The fourth-order valence-corrected chi connectivity index (χ4v) is 2.90. The molecular weight excluding hydrogens is 214 g/mol. The van der Waals surface area contributed by atoms with Crippen molar-refractivity contribution >= 4 is 5.91 Å². The maximum Gasteiger partial charge on any atom is 0.251 e. The van der Waals surface area contributed by atoms with Crippen LogP contribution in [-0.2, 0) is 4.79 Å². The molecule has 0 aromatic carbocycles. The number of amides is 1. The lowest BCUT2D eigenvalue weighted by Crippen LogP contribution is -2.53. The van der Waals surface area contributed by atoms with Gasteiger partial charge in [-0.05, 0) is 37.8 Å². The first-order valence-electron chi connectivity index (χ1n) is 6.84. The second-order valence-electron chi connectivity index (χ2n) is 5.47. The van der Waals surface area contributed by atoms with Crippen LogP contribution in [0.4, 0.5) is 0 Å². The highest BCUT2D eigenvalue weighted by molar-refractivity contribution is 5.81. The number of piperidine rings is 1. The summed E-state index contributed by atoms with van der Waals surface area (Å²) < 4.78 is 0. The van der Waals surface area contributed by atoms with Gasteiger partial charge in [-0.1, -0.05) is 33.6 Å². The zero-order chi connectivity index (χ0) is 12.8. The van der Waals surface area contributed by atoms with Crippen molar-refractivity contribution in [2.75, 3.05) is 13.1 Å². The van der Waals surface area contributed by atoms with E-state index in [4.69, 9.17) is 5.84 Å². The van der Waals surface area contributed by atoms with Crippen molar-refractivity contribution in [1.82, 2.24) is 10.3 Å². The predicted octanol–water partition coefficient (Wildman–Crippen LogP) is 1.51. The Labute approximate surface area is 105 Å². The highest BCUT2D eigenvalue weighted by atomic mass is 16.2. The quantitative estimate of drug-likeness (QED) is 0.436. The summed E-state index contributed by atoms with van der Waals surface area (Å²) in [7, 11) is 0. The Balaban J connectivity index is 2.52. The zero-order valence-electron chi connectivity index (χ0n) is 11.4. The zero-order valence-corrected chi connectivity index (χ0v) is 11.4. The van der Waals surface area contributed by atoms with E-state index in [1.807, 2.05) is 0 Å². The number of hydrogen-bond donors (Lipinski definition) is 2. The van der Waals surface area contributed by atoms with E-state index in [1.54, 1.807) is 0 Å². The van der Waals surface area contributed by atoms with Gasteiger partial charge in [0.25, 0.3) is 5.91 Å². The van der Waals surface area contributed by atoms with Crippen LogP contribution in [0.15, 0.2) is 0 Å². The Hall–Kier alpha value is -0.610. The number of rotatable bonds is 5. The van der Waals surface area contributed by atoms with Crippen LogP contribution in [0.3, 0.4) is 0 Å². The number of carbonyl (C=O) groups excluding carboxylic acids is 1. The van der Waals surface area contributed by atoms with Gasteiger partial charge < -0.3 is 0 Å². The number of carbonyl (C=O) groups is 1. The van der Waals surface area contributed by atoms with Gasteiger partial charge >= 0.3 is 0 Å². The number of hydrogen-bond acceptors (Lipinski definition) is 3. The van der Waals surface area contributed by atoms with Crippen molar-refractivity contribution in [2.24, 2.45) is 17.7 Å². The van der Waals surface area contributed by atoms with Gasteiger partial charge in [0, 0.05) is 0 Å². The third-order valence-electron chi connectivity index (χ3n) is 3.78. The summed E-state index contributed by atoms with van der Waals surface area (Å²) in [5, 5.41) is 0. The third kappa shape index (κ3) is 3.96. The van der Waals surface area contributed by atoms with Crippen molar-refractivity contribution in [3.63, 3.8) is 0 Å². The molecule has 0 aliphatic carbocycles. The number of nitrogens with two attached hydrogens (primary N) is 1. The summed E-state index contributed by atoms with van der Waals surface area (Å²) in [5.41, 5.74) is 2.30.